The van der Waals surface area contributed by atoms with E-state index in [9.17, 15) is 4.79 Å². The lowest BCUT2D eigenvalue weighted by Crippen LogP contribution is -2.51. The maximum absolute atomic E-state index is 11.5. The molecule has 9 atom stereocenters. The quantitative estimate of drug-likeness (QED) is 0.292. The highest BCUT2D eigenvalue weighted by Gasteiger charge is 2.59. The molecule has 0 saturated heterocycles. The number of esters is 1. The van der Waals surface area contributed by atoms with Gasteiger partial charge >= 0.3 is 5.97 Å². The van der Waals surface area contributed by atoms with Crippen molar-refractivity contribution >= 4 is 5.97 Å². The Morgan fingerprint density at radius 1 is 1.09 bits per heavy atom. The first kappa shape index (κ1) is 24.3. The van der Waals surface area contributed by atoms with Crippen LogP contribution in [0.5, 0.6) is 0 Å². The Bertz CT molecular complexity index is 710. The molecule has 0 heterocycles. The molecule has 4 aliphatic carbocycles. The SMILES string of the molecule is CCC(C)CCC[C@@H](C)[C@H]1CCC2[C@@H]3CC=C4C[C@@H](OC(C)=O)CC[C@]4(C)C3CC[C@@]21C. The summed E-state index contributed by atoms with van der Waals surface area (Å²) >= 11 is 0. The van der Waals surface area contributed by atoms with Gasteiger partial charge in [-0.25, -0.2) is 0 Å². The minimum atomic E-state index is -0.114. The average Bonchev–Trinajstić information content (AvgIpc) is 3.10. The minimum absolute atomic E-state index is 0.114. The van der Waals surface area contributed by atoms with E-state index in [2.05, 4.69) is 40.7 Å². The number of rotatable bonds is 7. The Balaban J connectivity index is 1.44. The molecule has 3 fully saturated rings. The minimum Gasteiger partial charge on any atom is -0.462 e. The van der Waals surface area contributed by atoms with E-state index >= 15 is 0 Å². The van der Waals surface area contributed by atoms with Crippen LogP contribution < -0.4 is 0 Å². The molecule has 2 heteroatoms. The molecular formula is C30H50O2. The van der Waals surface area contributed by atoms with Crippen LogP contribution in [0.2, 0.25) is 0 Å². The summed E-state index contributed by atoms with van der Waals surface area (Å²) in [6, 6.07) is 0. The molecule has 0 radical (unpaired) electrons. The van der Waals surface area contributed by atoms with Crippen molar-refractivity contribution in [1.29, 1.82) is 0 Å². The molecule has 0 aromatic rings. The standard InChI is InChI=1S/C30H50O2/c1-7-20(2)9-8-10-21(3)26-13-14-27-25-12-11-23-19-24(32-22(4)31)15-17-29(23,5)28(25)16-18-30(26,27)6/h11,20-21,24-28H,7-10,12-19H2,1-6H3/t20?,21-,24+,25+,26-,27?,28?,29+,30-/m1/s1. The zero-order valence-corrected chi connectivity index (χ0v) is 21.9. The number of carbonyl (C=O) groups is 1. The number of carbonyl (C=O) groups excluding carboxylic acids is 1. The summed E-state index contributed by atoms with van der Waals surface area (Å²) in [6.07, 6.45) is 18.6. The predicted molar refractivity (Wildman–Crippen MR) is 133 cm³/mol. The molecule has 32 heavy (non-hydrogen) atoms. The van der Waals surface area contributed by atoms with Crippen molar-refractivity contribution in [3.8, 4) is 0 Å². The Kier molecular flexibility index (Phi) is 7.19. The Morgan fingerprint density at radius 3 is 2.59 bits per heavy atom. The molecule has 0 aromatic heterocycles. The molecule has 182 valence electrons. The second-order valence-corrected chi connectivity index (χ2v) is 12.9. The highest BCUT2D eigenvalue weighted by atomic mass is 16.5. The van der Waals surface area contributed by atoms with Crippen molar-refractivity contribution in [3.05, 3.63) is 11.6 Å². The maximum atomic E-state index is 11.5. The van der Waals surface area contributed by atoms with Gasteiger partial charge < -0.3 is 4.74 Å². The third-order valence-electron chi connectivity index (χ3n) is 11.2. The molecular weight excluding hydrogens is 392 g/mol. The van der Waals surface area contributed by atoms with Gasteiger partial charge in [0.15, 0.2) is 0 Å². The Hall–Kier alpha value is -0.790. The zero-order valence-electron chi connectivity index (χ0n) is 21.9. The molecule has 2 nitrogen and oxygen atoms in total. The van der Waals surface area contributed by atoms with Crippen LogP contribution in [0, 0.1) is 46.3 Å². The fourth-order valence-electron chi connectivity index (χ4n) is 9.13. The van der Waals surface area contributed by atoms with E-state index in [-0.39, 0.29) is 12.1 Å². The van der Waals surface area contributed by atoms with Crippen molar-refractivity contribution < 1.29 is 9.53 Å². The highest BCUT2D eigenvalue weighted by Crippen LogP contribution is 2.67. The van der Waals surface area contributed by atoms with Crippen LogP contribution in [0.3, 0.4) is 0 Å². The lowest BCUT2D eigenvalue weighted by atomic mass is 9.47. The van der Waals surface area contributed by atoms with Crippen molar-refractivity contribution in [2.75, 3.05) is 0 Å². The van der Waals surface area contributed by atoms with Crippen molar-refractivity contribution in [3.63, 3.8) is 0 Å². The number of ether oxygens (including phenoxy) is 1. The number of hydrogen-bond donors (Lipinski definition) is 0. The van der Waals surface area contributed by atoms with Crippen LogP contribution >= 0.6 is 0 Å². The van der Waals surface area contributed by atoms with Crippen LogP contribution in [-0.4, -0.2) is 12.1 Å². The van der Waals surface area contributed by atoms with E-state index in [1.165, 1.54) is 64.2 Å². The first-order valence-corrected chi connectivity index (χ1v) is 14.1. The van der Waals surface area contributed by atoms with Crippen LogP contribution in [0.15, 0.2) is 11.6 Å². The molecule has 3 unspecified atom stereocenters. The fraction of sp³-hybridized carbons (Fsp3) is 0.900. The Morgan fingerprint density at radius 2 is 1.88 bits per heavy atom. The van der Waals surface area contributed by atoms with Crippen molar-refractivity contribution in [1.82, 2.24) is 0 Å². The van der Waals surface area contributed by atoms with E-state index in [1.807, 2.05) is 0 Å². The predicted octanol–water partition coefficient (Wildman–Crippen LogP) is 8.35. The van der Waals surface area contributed by atoms with Gasteiger partial charge in [-0.3, -0.25) is 4.79 Å². The van der Waals surface area contributed by atoms with Crippen molar-refractivity contribution in [2.45, 2.75) is 125 Å². The molecule has 0 N–H and O–H groups in total. The van der Waals surface area contributed by atoms with E-state index in [1.54, 1.807) is 12.5 Å². The normalized spacial score (nSPS) is 42.8. The third kappa shape index (κ3) is 4.34. The summed E-state index contributed by atoms with van der Waals surface area (Å²) in [6.45, 7) is 14.1. The summed E-state index contributed by atoms with van der Waals surface area (Å²) in [4.78, 5) is 11.5. The summed E-state index contributed by atoms with van der Waals surface area (Å²) in [5, 5.41) is 0. The lowest BCUT2D eigenvalue weighted by molar-refractivity contribution is -0.148. The van der Waals surface area contributed by atoms with Crippen LogP contribution in [0.4, 0.5) is 0 Å². The topological polar surface area (TPSA) is 26.3 Å². The number of fused-ring (bicyclic) bond motifs is 5. The molecule has 0 bridgehead atoms. The average molecular weight is 443 g/mol. The van der Waals surface area contributed by atoms with E-state index in [0.717, 1.165) is 48.3 Å². The number of allylic oxidation sites excluding steroid dienone is 1. The van der Waals surface area contributed by atoms with Gasteiger partial charge in [0, 0.05) is 13.3 Å². The van der Waals surface area contributed by atoms with Gasteiger partial charge in [0.05, 0.1) is 0 Å². The van der Waals surface area contributed by atoms with Crippen LogP contribution in [0.1, 0.15) is 119 Å². The van der Waals surface area contributed by atoms with Gasteiger partial charge in [-0.2, -0.15) is 0 Å². The lowest BCUT2D eigenvalue weighted by Gasteiger charge is -2.58. The monoisotopic (exact) mass is 442 g/mol. The van der Waals surface area contributed by atoms with Gasteiger partial charge in [0.25, 0.3) is 0 Å². The first-order valence-electron chi connectivity index (χ1n) is 14.1. The summed E-state index contributed by atoms with van der Waals surface area (Å²) < 4.78 is 5.62. The van der Waals surface area contributed by atoms with Gasteiger partial charge in [-0.05, 0) is 91.3 Å². The van der Waals surface area contributed by atoms with Crippen LogP contribution in [0.25, 0.3) is 0 Å². The molecule has 3 saturated carbocycles. The molecule has 4 rings (SSSR count). The van der Waals surface area contributed by atoms with Gasteiger partial charge in [0.1, 0.15) is 6.10 Å². The first-order chi connectivity index (χ1) is 15.2. The maximum Gasteiger partial charge on any atom is 0.302 e. The Labute approximate surface area is 198 Å². The van der Waals surface area contributed by atoms with E-state index < -0.39 is 0 Å². The van der Waals surface area contributed by atoms with E-state index in [4.69, 9.17) is 4.74 Å². The molecule has 0 aromatic carbocycles. The summed E-state index contributed by atoms with van der Waals surface area (Å²) in [7, 11) is 0. The molecule has 0 aliphatic heterocycles. The molecule has 0 spiro atoms. The summed E-state index contributed by atoms with van der Waals surface area (Å²) in [5.41, 5.74) is 2.53. The van der Waals surface area contributed by atoms with Gasteiger partial charge in [-0.15, -0.1) is 0 Å². The number of hydrogen-bond acceptors (Lipinski definition) is 2. The summed E-state index contributed by atoms with van der Waals surface area (Å²) in [5.74, 6) is 5.24. The highest BCUT2D eigenvalue weighted by molar-refractivity contribution is 5.66. The molecule has 4 aliphatic rings. The van der Waals surface area contributed by atoms with Crippen molar-refractivity contribution in [2.24, 2.45) is 46.3 Å². The molecule has 0 amide bonds. The third-order valence-corrected chi connectivity index (χ3v) is 11.2. The largest absolute Gasteiger partial charge is 0.462 e. The second-order valence-electron chi connectivity index (χ2n) is 12.9. The van der Waals surface area contributed by atoms with Gasteiger partial charge in [-0.1, -0.05) is 72.0 Å². The van der Waals surface area contributed by atoms with Gasteiger partial charge in [0.2, 0.25) is 0 Å². The fourth-order valence-corrected chi connectivity index (χ4v) is 9.13. The van der Waals surface area contributed by atoms with E-state index in [0.29, 0.717) is 10.8 Å². The second kappa shape index (κ2) is 9.46. The smallest absolute Gasteiger partial charge is 0.302 e. The van der Waals surface area contributed by atoms with Crippen LogP contribution in [-0.2, 0) is 9.53 Å². The zero-order chi connectivity index (χ0) is 23.1.